The van der Waals surface area contributed by atoms with E-state index in [0.717, 1.165) is 30.5 Å². The first-order valence-electron chi connectivity index (χ1n) is 8.55. The van der Waals surface area contributed by atoms with Gasteiger partial charge in [0.1, 0.15) is 12.2 Å². The molecule has 2 aromatic rings. The Kier molecular flexibility index (Phi) is 3.82. The lowest BCUT2D eigenvalue weighted by atomic mass is 10.1. The minimum atomic E-state index is -1.08. The quantitative estimate of drug-likeness (QED) is 0.903. The second-order valence-corrected chi connectivity index (χ2v) is 7.06. The van der Waals surface area contributed by atoms with Gasteiger partial charge in [0.25, 0.3) is 0 Å². The standard InChI is InChI=1S/C19H21N3O3/c1-11-3-4-13(5-12(11)2)10-25-17-16(18(23)24)7-20-19(21-17)22-8-14-6-15(14)9-22/h3-5,7,14-15H,6,8-10H2,1-2H3,(H,23,24). The molecule has 2 aliphatic rings. The summed E-state index contributed by atoms with van der Waals surface area (Å²) in [6.07, 6.45) is 2.64. The summed E-state index contributed by atoms with van der Waals surface area (Å²) in [5.41, 5.74) is 3.38. The number of carboxylic acid groups (broad SMARTS) is 1. The summed E-state index contributed by atoms with van der Waals surface area (Å²) in [5.74, 6) is 1.12. The van der Waals surface area contributed by atoms with Crippen molar-refractivity contribution in [2.75, 3.05) is 18.0 Å². The Balaban J connectivity index is 1.55. The van der Waals surface area contributed by atoms with Crippen molar-refractivity contribution in [1.82, 2.24) is 9.97 Å². The molecule has 1 aliphatic heterocycles. The Hall–Kier alpha value is -2.63. The van der Waals surface area contributed by atoms with E-state index in [2.05, 4.69) is 21.8 Å². The number of aromatic carboxylic acids is 1. The molecule has 25 heavy (non-hydrogen) atoms. The van der Waals surface area contributed by atoms with Crippen LogP contribution in [-0.2, 0) is 6.61 Å². The summed E-state index contributed by atoms with van der Waals surface area (Å²) in [7, 11) is 0. The molecule has 0 spiro atoms. The average Bonchev–Trinajstić information content (AvgIpc) is 3.21. The Labute approximate surface area is 146 Å². The van der Waals surface area contributed by atoms with Crippen LogP contribution in [0.4, 0.5) is 5.95 Å². The van der Waals surface area contributed by atoms with E-state index in [-0.39, 0.29) is 18.1 Å². The predicted octanol–water partition coefficient (Wildman–Crippen LogP) is 2.83. The molecule has 2 unspecified atom stereocenters. The molecule has 1 aliphatic carbocycles. The molecule has 1 saturated heterocycles. The number of fused-ring (bicyclic) bond motifs is 1. The van der Waals surface area contributed by atoms with E-state index in [1.807, 2.05) is 25.1 Å². The van der Waals surface area contributed by atoms with E-state index in [1.54, 1.807) is 0 Å². The maximum atomic E-state index is 11.4. The van der Waals surface area contributed by atoms with Crippen LogP contribution in [0.15, 0.2) is 24.4 Å². The Bertz CT molecular complexity index is 827. The first-order valence-corrected chi connectivity index (χ1v) is 8.55. The van der Waals surface area contributed by atoms with Crippen LogP contribution < -0.4 is 9.64 Å². The lowest BCUT2D eigenvalue weighted by Crippen LogP contribution is -2.24. The van der Waals surface area contributed by atoms with Gasteiger partial charge in [-0.05, 0) is 48.8 Å². The number of carboxylic acids is 1. The third-order valence-electron chi connectivity index (χ3n) is 5.18. The van der Waals surface area contributed by atoms with Gasteiger partial charge in [0.15, 0.2) is 0 Å². The number of aryl methyl sites for hydroxylation is 2. The van der Waals surface area contributed by atoms with E-state index >= 15 is 0 Å². The monoisotopic (exact) mass is 339 g/mol. The predicted molar refractivity (Wildman–Crippen MR) is 93.0 cm³/mol. The highest BCUT2D eigenvalue weighted by atomic mass is 16.5. The molecule has 4 rings (SSSR count). The number of benzene rings is 1. The van der Waals surface area contributed by atoms with Gasteiger partial charge in [-0.15, -0.1) is 0 Å². The lowest BCUT2D eigenvalue weighted by molar-refractivity contribution is 0.0690. The second kappa shape index (κ2) is 6.02. The number of piperidine rings is 1. The minimum Gasteiger partial charge on any atom is -0.477 e. The zero-order valence-electron chi connectivity index (χ0n) is 14.4. The number of carbonyl (C=O) groups is 1. The molecule has 0 bridgehead atoms. The fraction of sp³-hybridized carbons (Fsp3) is 0.421. The number of nitrogens with zero attached hydrogens (tertiary/aromatic N) is 3. The number of hydrogen-bond donors (Lipinski definition) is 1. The van der Waals surface area contributed by atoms with Gasteiger partial charge in [-0.2, -0.15) is 4.98 Å². The fourth-order valence-corrected chi connectivity index (χ4v) is 3.37. The van der Waals surface area contributed by atoms with Crippen LogP contribution in [0.25, 0.3) is 0 Å². The van der Waals surface area contributed by atoms with Gasteiger partial charge in [0, 0.05) is 13.1 Å². The molecular weight excluding hydrogens is 318 g/mol. The minimum absolute atomic E-state index is 0.00283. The maximum absolute atomic E-state index is 11.4. The van der Waals surface area contributed by atoms with E-state index in [9.17, 15) is 9.90 Å². The van der Waals surface area contributed by atoms with Crippen molar-refractivity contribution >= 4 is 11.9 Å². The molecule has 0 radical (unpaired) electrons. The van der Waals surface area contributed by atoms with Crippen LogP contribution in [0.3, 0.4) is 0 Å². The number of aromatic nitrogens is 2. The lowest BCUT2D eigenvalue weighted by Gasteiger charge is -2.19. The largest absolute Gasteiger partial charge is 0.477 e. The molecule has 1 aromatic carbocycles. The molecule has 6 heteroatoms. The van der Waals surface area contributed by atoms with Crippen molar-refractivity contribution < 1.29 is 14.6 Å². The fourth-order valence-electron chi connectivity index (χ4n) is 3.37. The van der Waals surface area contributed by atoms with Crippen LogP contribution in [0, 0.1) is 25.7 Å². The van der Waals surface area contributed by atoms with Gasteiger partial charge >= 0.3 is 5.97 Å². The van der Waals surface area contributed by atoms with Crippen molar-refractivity contribution in [3.63, 3.8) is 0 Å². The van der Waals surface area contributed by atoms with Crippen molar-refractivity contribution in [2.24, 2.45) is 11.8 Å². The molecule has 1 saturated carbocycles. The zero-order valence-corrected chi connectivity index (χ0v) is 14.4. The number of hydrogen-bond acceptors (Lipinski definition) is 5. The molecule has 2 fully saturated rings. The molecule has 0 amide bonds. The molecule has 130 valence electrons. The molecule has 6 nitrogen and oxygen atoms in total. The van der Waals surface area contributed by atoms with Crippen LogP contribution in [0.1, 0.15) is 33.5 Å². The summed E-state index contributed by atoms with van der Waals surface area (Å²) in [6.45, 7) is 6.28. The van der Waals surface area contributed by atoms with Gasteiger partial charge in [-0.25, -0.2) is 9.78 Å². The first kappa shape index (κ1) is 15.9. The SMILES string of the molecule is Cc1ccc(COc2nc(N3CC4CC4C3)ncc2C(=O)O)cc1C. The summed E-state index contributed by atoms with van der Waals surface area (Å²) >= 11 is 0. The normalized spacial score (nSPS) is 21.1. The molecule has 1 aromatic heterocycles. The van der Waals surface area contributed by atoms with E-state index in [1.165, 1.54) is 23.7 Å². The summed E-state index contributed by atoms with van der Waals surface area (Å²) in [6, 6.07) is 6.07. The van der Waals surface area contributed by atoms with Crippen molar-refractivity contribution in [3.8, 4) is 5.88 Å². The molecule has 1 N–H and O–H groups in total. The smallest absolute Gasteiger partial charge is 0.342 e. The van der Waals surface area contributed by atoms with Gasteiger partial charge in [0.2, 0.25) is 11.8 Å². The number of anilines is 1. The highest BCUT2D eigenvalue weighted by Crippen LogP contribution is 2.45. The van der Waals surface area contributed by atoms with E-state index < -0.39 is 5.97 Å². The summed E-state index contributed by atoms with van der Waals surface area (Å²) in [4.78, 5) is 22.2. The van der Waals surface area contributed by atoms with Crippen molar-refractivity contribution in [1.29, 1.82) is 0 Å². The second-order valence-electron chi connectivity index (χ2n) is 7.06. The number of rotatable bonds is 5. The van der Waals surface area contributed by atoms with Gasteiger partial charge in [0.05, 0.1) is 6.20 Å². The van der Waals surface area contributed by atoms with Crippen LogP contribution in [0.2, 0.25) is 0 Å². The van der Waals surface area contributed by atoms with Crippen LogP contribution >= 0.6 is 0 Å². The highest BCUT2D eigenvalue weighted by Gasteiger charge is 2.46. The van der Waals surface area contributed by atoms with Gasteiger partial charge in [-0.3, -0.25) is 0 Å². The maximum Gasteiger partial charge on any atom is 0.342 e. The zero-order chi connectivity index (χ0) is 17.6. The summed E-state index contributed by atoms with van der Waals surface area (Å²) < 4.78 is 5.76. The van der Waals surface area contributed by atoms with Crippen LogP contribution in [-0.4, -0.2) is 34.1 Å². The summed E-state index contributed by atoms with van der Waals surface area (Å²) in [5, 5.41) is 9.38. The average molecular weight is 339 g/mol. The Morgan fingerprint density at radius 3 is 2.72 bits per heavy atom. The van der Waals surface area contributed by atoms with Gasteiger partial charge < -0.3 is 14.7 Å². The van der Waals surface area contributed by atoms with Gasteiger partial charge in [-0.1, -0.05) is 18.2 Å². The topological polar surface area (TPSA) is 75.5 Å². The van der Waals surface area contributed by atoms with E-state index in [0.29, 0.717) is 5.95 Å². The number of ether oxygens (including phenoxy) is 1. The third kappa shape index (κ3) is 3.16. The Morgan fingerprint density at radius 1 is 1.28 bits per heavy atom. The highest BCUT2D eigenvalue weighted by molar-refractivity contribution is 5.89. The van der Waals surface area contributed by atoms with Crippen molar-refractivity contribution in [3.05, 3.63) is 46.6 Å². The molecule has 2 atom stereocenters. The first-order chi connectivity index (χ1) is 12.0. The third-order valence-corrected chi connectivity index (χ3v) is 5.18. The van der Waals surface area contributed by atoms with E-state index in [4.69, 9.17) is 4.74 Å². The van der Waals surface area contributed by atoms with Crippen LogP contribution in [0.5, 0.6) is 5.88 Å². The molecule has 2 heterocycles. The van der Waals surface area contributed by atoms with Crippen molar-refractivity contribution in [2.45, 2.75) is 26.9 Å². The Morgan fingerprint density at radius 2 is 2.04 bits per heavy atom. The molecular formula is C19H21N3O3.